The summed E-state index contributed by atoms with van der Waals surface area (Å²) < 4.78 is 5.46. The van der Waals surface area contributed by atoms with Crippen LogP contribution in [0.2, 0.25) is 5.02 Å². The predicted octanol–water partition coefficient (Wildman–Crippen LogP) is 2.32. The van der Waals surface area contributed by atoms with Gasteiger partial charge in [0.15, 0.2) is 6.10 Å². The Hall–Kier alpha value is -1.75. The molecule has 2 rings (SSSR count). The molecule has 0 saturated carbocycles. The van der Waals surface area contributed by atoms with Crippen LogP contribution in [0.25, 0.3) is 0 Å². The molecule has 0 aliphatic carbocycles. The SMILES string of the molecule is CCCN1C(=O)C(CC(=O)O)Oc2ccc(Cl)cc21. The molecule has 0 fully saturated rings. The van der Waals surface area contributed by atoms with Crippen molar-refractivity contribution in [3.8, 4) is 5.75 Å². The number of carbonyl (C=O) groups excluding carboxylic acids is 1. The first-order valence-electron chi connectivity index (χ1n) is 6.02. The van der Waals surface area contributed by atoms with E-state index in [1.54, 1.807) is 18.2 Å². The third-order valence-corrected chi connectivity index (χ3v) is 3.06. The highest BCUT2D eigenvalue weighted by molar-refractivity contribution is 6.31. The largest absolute Gasteiger partial charge is 0.481 e. The molecule has 1 aliphatic rings. The third-order valence-electron chi connectivity index (χ3n) is 2.83. The molecule has 1 atom stereocenters. The highest BCUT2D eigenvalue weighted by Crippen LogP contribution is 2.36. The Morgan fingerprint density at radius 3 is 2.89 bits per heavy atom. The van der Waals surface area contributed by atoms with E-state index in [4.69, 9.17) is 21.4 Å². The molecule has 1 aromatic carbocycles. The van der Waals surface area contributed by atoms with E-state index < -0.39 is 12.1 Å². The van der Waals surface area contributed by atoms with Crippen molar-refractivity contribution in [1.29, 1.82) is 0 Å². The van der Waals surface area contributed by atoms with Crippen molar-refractivity contribution in [3.05, 3.63) is 23.2 Å². The molecule has 0 aromatic heterocycles. The summed E-state index contributed by atoms with van der Waals surface area (Å²) >= 11 is 5.92. The Bertz CT molecular complexity index is 517. The second-order valence-corrected chi connectivity index (χ2v) is 4.74. The normalized spacial score (nSPS) is 17.9. The lowest BCUT2D eigenvalue weighted by molar-refractivity contribution is -0.142. The van der Waals surface area contributed by atoms with Crippen molar-refractivity contribution in [2.75, 3.05) is 11.4 Å². The molecular weight excluding hydrogens is 270 g/mol. The van der Waals surface area contributed by atoms with Gasteiger partial charge in [0.2, 0.25) is 0 Å². The first kappa shape index (κ1) is 13.7. The lowest BCUT2D eigenvalue weighted by Gasteiger charge is -2.33. The smallest absolute Gasteiger partial charge is 0.307 e. The van der Waals surface area contributed by atoms with Crippen LogP contribution in [0.5, 0.6) is 5.75 Å². The standard InChI is InChI=1S/C13H14ClNO4/c1-2-5-15-9-6-8(14)3-4-10(9)19-11(13(15)18)7-12(16)17/h3-4,6,11H,2,5,7H2,1H3,(H,16,17). The van der Waals surface area contributed by atoms with Crippen LogP contribution in [0.15, 0.2) is 18.2 Å². The van der Waals surface area contributed by atoms with Gasteiger partial charge in [-0.3, -0.25) is 9.59 Å². The number of aliphatic carboxylic acids is 1. The van der Waals surface area contributed by atoms with Crippen molar-refractivity contribution >= 4 is 29.2 Å². The molecule has 1 unspecified atom stereocenters. The van der Waals surface area contributed by atoms with E-state index in [2.05, 4.69) is 0 Å². The van der Waals surface area contributed by atoms with Gasteiger partial charge in [-0.2, -0.15) is 0 Å². The number of halogens is 1. The second-order valence-electron chi connectivity index (χ2n) is 4.31. The summed E-state index contributed by atoms with van der Waals surface area (Å²) in [6.07, 6.45) is -0.559. The van der Waals surface area contributed by atoms with Gasteiger partial charge in [-0.05, 0) is 24.6 Å². The van der Waals surface area contributed by atoms with Crippen molar-refractivity contribution in [1.82, 2.24) is 0 Å². The number of benzene rings is 1. The minimum absolute atomic E-state index is 0.334. The topological polar surface area (TPSA) is 66.8 Å². The number of anilines is 1. The molecule has 1 aromatic rings. The lowest BCUT2D eigenvalue weighted by atomic mass is 10.1. The van der Waals surface area contributed by atoms with Crippen molar-refractivity contribution < 1.29 is 19.4 Å². The van der Waals surface area contributed by atoms with Gasteiger partial charge < -0.3 is 14.7 Å². The molecule has 1 aliphatic heterocycles. The first-order chi connectivity index (χ1) is 9.02. The van der Waals surface area contributed by atoms with E-state index in [-0.39, 0.29) is 12.3 Å². The number of nitrogens with zero attached hydrogens (tertiary/aromatic N) is 1. The summed E-state index contributed by atoms with van der Waals surface area (Å²) in [7, 11) is 0. The fourth-order valence-corrected chi connectivity index (χ4v) is 2.21. The van der Waals surface area contributed by atoms with Crippen LogP contribution in [0.4, 0.5) is 5.69 Å². The molecule has 5 nitrogen and oxygen atoms in total. The number of fused-ring (bicyclic) bond motifs is 1. The number of amides is 1. The number of carbonyl (C=O) groups is 2. The highest BCUT2D eigenvalue weighted by Gasteiger charge is 2.35. The number of hydrogen-bond acceptors (Lipinski definition) is 3. The van der Waals surface area contributed by atoms with E-state index in [1.807, 2.05) is 6.92 Å². The molecule has 0 spiro atoms. The van der Waals surface area contributed by atoms with Gasteiger partial charge in [-0.1, -0.05) is 18.5 Å². The van der Waals surface area contributed by atoms with Gasteiger partial charge >= 0.3 is 5.97 Å². The summed E-state index contributed by atoms with van der Waals surface area (Å²) in [6.45, 7) is 2.45. The summed E-state index contributed by atoms with van der Waals surface area (Å²) in [5.41, 5.74) is 0.598. The average molecular weight is 284 g/mol. The Labute approximate surface area is 115 Å². The molecule has 0 bridgehead atoms. The molecule has 0 radical (unpaired) electrons. The quantitative estimate of drug-likeness (QED) is 0.921. The zero-order valence-corrected chi connectivity index (χ0v) is 11.2. The monoisotopic (exact) mass is 283 g/mol. The molecule has 102 valence electrons. The number of ether oxygens (including phenoxy) is 1. The van der Waals surface area contributed by atoms with Gasteiger partial charge in [-0.25, -0.2) is 0 Å². The van der Waals surface area contributed by atoms with Gasteiger partial charge in [0.05, 0.1) is 12.1 Å². The Morgan fingerprint density at radius 1 is 1.53 bits per heavy atom. The van der Waals surface area contributed by atoms with Gasteiger partial charge in [0.1, 0.15) is 5.75 Å². The number of rotatable bonds is 4. The zero-order chi connectivity index (χ0) is 14.0. The van der Waals surface area contributed by atoms with E-state index in [0.29, 0.717) is 23.0 Å². The summed E-state index contributed by atoms with van der Waals surface area (Å²) in [6, 6.07) is 4.96. The molecule has 6 heteroatoms. The minimum atomic E-state index is -1.06. The summed E-state index contributed by atoms with van der Waals surface area (Å²) in [5.74, 6) is -0.907. The van der Waals surface area contributed by atoms with Crippen LogP contribution in [0, 0.1) is 0 Å². The fraction of sp³-hybridized carbons (Fsp3) is 0.385. The van der Waals surface area contributed by atoms with Crippen LogP contribution in [-0.2, 0) is 9.59 Å². The first-order valence-corrected chi connectivity index (χ1v) is 6.40. The van der Waals surface area contributed by atoms with Gasteiger partial charge in [0.25, 0.3) is 5.91 Å². The maximum absolute atomic E-state index is 12.2. The lowest BCUT2D eigenvalue weighted by Crippen LogP contribution is -2.47. The van der Waals surface area contributed by atoms with Crippen LogP contribution >= 0.6 is 11.6 Å². The number of carboxylic acid groups (broad SMARTS) is 1. The van der Waals surface area contributed by atoms with Crippen molar-refractivity contribution in [3.63, 3.8) is 0 Å². The zero-order valence-electron chi connectivity index (χ0n) is 10.4. The van der Waals surface area contributed by atoms with Crippen LogP contribution in [0.1, 0.15) is 19.8 Å². The highest BCUT2D eigenvalue weighted by atomic mass is 35.5. The molecule has 1 amide bonds. The molecule has 1 N–H and O–H groups in total. The average Bonchev–Trinajstić information content (AvgIpc) is 2.35. The van der Waals surface area contributed by atoms with Crippen molar-refractivity contribution in [2.45, 2.75) is 25.9 Å². The molecule has 1 heterocycles. The summed E-state index contributed by atoms with van der Waals surface area (Å²) in [5, 5.41) is 9.33. The number of hydrogen-bond donors (Lipinski definition) is 1. The maximum atomic E-state index is 12.2. The Morgan fingerprint density at radius 2 is 2.26 bits per heavy atom. The van der Waals surface area contributed by atoms with E-state index >= 15 is 0 Å². The van der Waals surface area contributed by atoms with Gasteiger partial charge in [-0.15, -0.1) is 0 Å². The van der Waals surface area contributed by atoms with Crippen molar-refractivity contribution in [2.24, 2.45) is 0 Å². The maximum Gasteiger partial charge on any atom is 0.307 e. The van der Waals surface area contributed by atoms with E-state index in [0.717, 1.165) is 6.42 Å². The Kier molecular flexibility index (Phi) is 3.95. The van der Waals surface area contributed by atoms with Crippen LogP contribution in [0.3, 0.4) is 0 Å². The Balaban J connectivity index is 2.38. The van der Waals surface area contributed by atoms with Crippen LogP contribution < -0.4 is 9.64 Å². The second kappa shape index (κ2) is 5.48. The summed E-state index contributed by atoms with van der Waals surface area (Å²) in [4.78, 5) is 24.5. The van der Waals surface area contributed by atoms with Gasteiger partial charge in [0, 0.05) is 11.6 Å². The van der Waals surface area contributed by atoms with E-state index in [9.17, 15) is 9.59 Å². The third kappa shape index (κ3) is 2.81. The predicted molar refractivity (Wildman–Crippen MR) is 70.8 cm³/mol. The fourth-order valence-electron chi connectivity index (χ4n) is 2.04. The van der Waals surface area contributed by atoms with E-state index in [1.165, 1.54) is 4.90 Å². The molecule has 19 heavy (non-hydrogen) atoms. The minimum Gasteiger partial charge on any atom is -0.481 e. The number of carboxylic acids is 1. The molecule has 0 saturated heterocycles. The van der Waals surface area contributed by atoms with Crippen LogP contribution in [-0.4, -0.2) is 29.6 Å². The molecular formula is C13H14ClNO4.